The van der Waals surface area contributed by atoms with E-state index < -0.39 is 23.2 Å². The second-order valence-electron chi connectivity index (χ2n) is 9.63. The maximum atomic E-state index is 13.2. The van der Waals surface area contributed by atoms with Crippen LogP contribution in [-0.2, 0) is 14.3 Å². The molecule has 0 bridgehead atoms. The van der Waals surface area contributed by atoms with E-state index in [2.05, 4.69) is 20.4 Å². The fourth-order valence-corrected chi connectivity index (χ4v) is 3.72. The van der Waals surface area contributed by atoms with Gasteiger partial charge in [0.25, 0.3) is 5.56 Å². The lowest BCUT2D eigenvalue weighted by atomic mass is 10.1. The standard InChI is InChI=1S/C24H32ClN7O4/c1-7-17(8-9-30(6)14-33)28-23-26-11-18(25)20(29-23)16-10-19-21(34)31(13-27-32(19)12-16)15(2)22(35)36-24(3,4)5/h10-15,17H,7-9H2,1-6H3,(H,26,28,29). The van der Waals surface area contributed by atoms with Crippen molar-refractivity contribution < 1.29 is 14.3 Å². The molecule has 12 heteroatoms. The minimum absolute atomic E-state index is 0.0535. The van der Waals surface area contributed by atoms with E-state index in [4.69, 9.17) is 16.3 Å². The van der Waals surface area contributed by atoms with E-state index in [-0.39, 0.29) is 11.6 Å². The summed E-state index contributed by atoms with van der Waals surface area (Å²) in [5.41, 5.74) is 0.196. The monoisotopic (exact) mass is 517 g/mol. The van der Waals surface area contributed by atoms with Gasteiger partial charge >= 0.3 is 5.97 Å². The van der Waals surface area contributed by atoms with Crippen molar-refractivity contribution in [1.29, 1.82) is 0 Å². The summed E-state index contributed by atoms with van der Waals surface area (Å²) in [6, 6.07) is 0.829. The molecule has 3 aromatic heterocycles. The first-order chi connectivity index (χ1) is 16.9. The van der Waals surface area contributed by atoms with Crippen molar-refractivity contribution >= 4 is 35.4 Å². The molecule has 194 valence electrons. The molecule has 0 aliphatic rings. The van der Waals surface area contributed by atoms with E-state index in [1.54, 1.807) is 51.9 Å². The molecule has 3 heterocycles. The predicted octanol–water partition coefficient (Wildman–Crippen LogP) is 3.18. The molecule has 0 aromatic carbocycles. The number of aromatic nitrogens is 5. The Kier molecular flexibility index (Phi) is 8.34. The number of carbonyl (C=O) groups is 2. The van der Waals surface area contributed by atoms with E-state index in [0.29, 0.717) is 28.8 Å². The Balaban J connectivity index is 1.90. The van der Waals surface area contributed by atoms with Gasteiger partial charge < -0.3 is 15.0 Å². The van der Waals surface area contributed by atoms with Gasteiger partial charge in [-0.25, -0.2) is 19.3 Å². The highest BCUT2D eigenvalue weighted by molar-refractivity contribution is 6.32. The second-order valence-corrected chi connectivity index (χ2v) is 10.0. The smallest absolute Gasteiger partial charge is 0.329 e. The summed E-state index contributed by atoms with van der Waals surface area (Å²) in [5, 5.41) is 7.88. The first-order valence-electron chi connectivity index (χ1n) is 11.7. The molecule has 0 aliphatic heterocycles. The molecule has 36 heavy (non-hydrogen) atoms. The van der Waals surface area contributed by atoms with Crippen molar-refractivity contribution in [2.24, 2.45) is 0 Å². The Hall–Kier alpha value is -3.47. The van der Waals surface area contributed by atoms with Crippen molar-refractivity contribution in [1.82, 2.24) is 29.0 Å². The van der Waals surface area contributed by atoms with Crippen molar-refractivity contribution in [3.63, 3.8) is 0 Å². The van der Waals surface area contributed by atoms with Gasteiger partial charge in [-0.3, -0.25) is 14.2 Å². The van der Waals surface area contributed by atoms with Crippen LogP contribution in [0, 0.1) is 0 Å². The van der Waals surface area contributed by atoms with Gasteiger partial charge in [-0.1, -0.05) is 18.5 Å². The average Bonchev–Trinajstić information content (AvgIpc) is 3.26. The number of halogens is 1. The normalized spacial score (nSPS) is 13.3. The molecule has 3 rings (SSSR count). The van der Waals surface area contributed by atoms with E-state index >= 15 is 0 Å². The number of carbonyl (C=O) groups excluding carboxylic acids is 2. The van der Waals surface area contributed by atoms with Crippen molar-refractivity contribution in [3.05, 3.63) is 40.2 Å². The zero-order chi connectivity index (χ0) is 26.6. The maximum Gasteiger partial charge on any atom is 0.329 e. The lowest BCUT2D eigenvalue weighted by Gasteiger charge is -2.22. The van der Waals surface area contributed by atoms with Gasteiger partial charge in [0.1, 0.15) is 23.5 Å². The van der Waals surface area contributed by atoms with Gasteiger partial charge in [0, 0.05) is 31.4 Å². The summed E-state index contributed by atoms with van der Waals surface area (Å²) in [4.78, 5) is 46.9. The van der Waals surface area contributed by atoms with Gasteiger partial charge in [0.2, 0.25) is 12.4 Å². The van der Waals surface area contributed by atoms with Crippen LogP contribution in [0.15, 0.2) is 29.6 Å². The molecule has 1 amide bonds. The van der Waals surface area contributed by atoms with Crippen LogP contribution in [0.25, 0.3) is 16.8 Å². The molecule has 0 saturated carbocycles. The van der Waals surface area contributed by atoms with Crippen LogP contribution in [-0.4, -0.2) is 66.7 Å². The number of esters is 1. The fraction of sp³-hybridized carbons (Fsp3) is 0.500. The lowest BCUT2D eigenvalue weighted by Crippen LogP contribution is -2.34. The molecular formula is C24H32ClN7O4. The molecule has 0 aliphatic carbocycles. The molecule has 11 nitrogen and oxygen atoms in total. The summed E-state index contributed by atoms with van der Waals surface area (Å²) in [6.45, 7) is 9.52. The highest BCUT2D eigenvalue weighted by atomic mass is 35.5. The quantitative estimate of drug-likeness (QED) is 0.321. The summed E-state index contributed by atoms with van der Waals surface area (Å²) in [6.07, 6.45) is 6.77. The summed E-state index contributed by atoms with van der Waals surface area (Å²) >= 11 is 6.40. The summed E-state index contributed by atoms with van der Waals surface area (Å²) in [7, 11) is 1.73. The largest absolute Gasteiger partial charge is 0.458 e. The third-order valence-electron chi connectivity index (χ3n) is 5.57. The van der Waals surface area contributed by atoms with Gasteiger partial charge in [-0.05, 0) is 46.6 Å². The number of hydrogen-bond acceptors (Lipinski definition) is 8. The average molecular weight is 518 g/mol. The Morgan fingerprint density at radius 3 is 2.72 bits per heavy atom. The van der Waals surface area contributed by atoms with Crippen molar-refractivity contribution in [2.75, 3.05) is 18.9 Å². The van der Waals surface area contributed by atoms with E-state index in [1.165, 1.54) is 21.6 Å². The Morgan fingerprint density at radius 1 is 1.36 bits per heavy atom. The molecule has 2 atom stereocenters. The molecule has 0 radical (unpaired) electrons. The minimum atomic E-state index is -0.852. The lowest BCUT2D eigenvalue weighted by molar-refractivity contribution is -0.158. The molecule has 3 aromatic rings. The van der Waals surface area contributed by atoms with E-state index in [9.17, 15) is 14.4 Å². The van der Waals surface area contributed by atoms with Crippen LogP contribution in [0.5, 0.6) is 0 Å². The SMILES string of the molecule is CCC(CCN(C)C=O)Nc1ncc(Cl)c(-c2cc3c(=O)n(C(C)C(=O)OC(C)(C)C)cnn3c2)n1. The van der Waals surface area contributed by atoms with E-state index in [0.717, 1.165) is 19.3 Å². The predicted molar refractivity (Wildman–Crippen MR) is 137 cm³/mol. The van der Waals surface area contributed by atoms with Crippen LogP contribution in [0.2, 0.25) is 5.02 Å². The van der Waals surface area contributed by atoms with Crippen LogP contribution in [0.1, 0.15) is 53.5 Å². The van der Waals surface area contributed by atoms with Crippen molar-refractivity contribution in [2.45, 2.75) is 65.1 Å². The molecular weight excluding hydrogens is 486 g/mol. The molecule has 0 fully saturated rings. The molecule has 0 saturated heterocycles. The number of anilines is 1. The Labute approximate surface area is 214 Å². The highest BCUT2D eigenvalue weighted by Gasteiger charge is 2.25. The number of nitrogens with zero attached hydrogens (tertiary/aromatic N) is 6. The number of amides is 1. The molecule has 0 spiro atoms. The first kappa shape index (κ1) is 27.1. The van der Waals surface area contributed by atoms with E-state index in [1.807, 2.05) is 6.92 Å². The zero-order valence-electron chi connectivity index (χ0n) is 21.4. The Morgan fingerprint density at radius 2 is 2.08 bits per heavy atom. The zero-order valence-corrected chi connectivity index (χ0v) is 22.1. The summed E-state index contributed by atoms with van der Waals surface area (Å²) in [5.74, 6) is -0.143. The maximum absolute atomic E-state index is 13.2. The van der Waals surface area contributed by atoms with Gasteiger partial charge in [0.15, 0.2) is 0 Å². The van der Waals surface area contributed by atoms with Crippen molar-refractivity contribution in [3.8, 4) is 11.3 Å². The van der Waals surface area contributed by atoms with Crippen LogP contribution >= 0.6 is 11.6 Å². The summed E-state index contributed by atoms with van der Waals surface area (Å²) < 4.78 is 8.07. The van der Waals surface area contributed by atoms with Gasteiger partial charge in [-0.2, -0.15) is 5.10 Å². The molecule has 2 unspecified atom stereocenters. The number of fused-ring (bicyclic) bond motifs is 1. The topological polar surface area (TPSA) is 124 Å². The third kappa shape index (κ3) is 6.39. The van der Waals surface area contributed by atoms with Crippen LogP contribution in [0.3, 0.4) is 0 Å². The first-order valence-corrected chi connectivity index (χ1v) is 12.1. The van der Waals surface area contributed by atoms with Gasteiger partial charge in [-0.15, -0.1) is 0 Å². The number of ether oxygens (including phenoxy) is 1. The van der Waals surface area contributed by atoms with Crippen LogP contribution < -0.4 is 10.9 Å². The minimum Gasteiger partial charge on any atom is -0.458 e. The van der Waals surface area contributed by atoms with Gasteiger partial charge in [0.05, 0.1) is 16.9 Å². The number of nitrogens with one attached hydrogen (secondary N) is 1. The highest BCUT2D eigenvalue weighted by Crippen LogP contribution is 2.28. The Bertz CT molecular complexity index is 1300. The second kappa shape index (κ2) is 11.1. The van der Waals surface area contributed by atoms with Crippen LogP contribution in [0.4, 0.5) is 5.95 Å². The fourth-order valence-electron chi connectivity index (χ4n) is 3.52. The molecule has 1 N–H and O–H groups in total. The number of rotatable bonds is 10. The third-order valence-corrected chi connectivity index (χ3v) is 5.85. The number of hydrogen-bond donors (Lipinski definition) is 1.